The number of thiophene rings is 1. The molecule has 0 fully saturated rings. The molecule has 2 aromatic carbocycles. The molecular weight excluding hydrogens is 302 g/mol. The Morgan fingerprint density at radius 1 is 1.00 bits per heavy atom. The van der Waals surface area contributed by atoms with Crippen molar-refractivity contribution in [3.63, 3.8) is 0 Å². The maximum absolute atomic E-state index is 5.27. The number of aromatic nitrogens is 1. The summed E-state index contributed by atoms with van der Waals surface area (Å²) in [7, 11) is 1.69. The van der Waals surface area contributed by atoms with Gasteiger partial charge in [0.2, 0.25) is 0 Å². The average Bonchev–Trinajstić information content (AvgIpc) is 3.22. The molecule has 2 heterocycles. The van der Waals surface area contributed by atoms with Crippen LogP contribution in [0, 0.1) is 6.92 Å². The molecule has 2 nitrogen and oxygen atoms in total. The van der Waals surface area contributed by atoms with Gasteiger partial charge < -0.3 is 9.30 Å². The van der Waals surface area contributed by atoms with E-state index in [0.717, 1.165) is 11.4 Å². The summed E-state index contributed by atoms with van der Waals surface area (Å²) in [5.74, 6) is 0.875. The van der Waals surface area contributed by atoms with Crippen LogP contribution in [0.1, 0.15) is 5.56 Å². The Bertz CT molecular complexity index is 949. The smallest absolute Gasteiger partial charge is 0.119 e. The predicted octanol–water partition coefficient (Wildman–Crippen LogP) is 5.68. The summed E-state index contributed by atoms with van der Waals surface area (Å²) in [6, 6.07) is 19.1. The topological polar surface area (TPSA) is 14.2 Å². The number of hydrogen-bond acceptors (Lipinski definition) is 2. The molecule has 0 amide bonds. The van der Waals surface area contributed by atoms with E-state index < -0.39 is 0 Å². The Kier molecular flexibility index (Phi) is 3.43. The van der Waals surface area contributed by atoms with E-state index in [1.54, 1.807) is 18.4 Å². The first-order valence-corrected chi connectivity index (χ1v) is 8.44. The molecule has 3 heteroatoms. The third kappa shape index (κ3) is 2.43. The van der Waals surface area contributed by atoms with E-state index in [1.165, 1.54) is 26.9 Å². The molecule has 0 aliphatic carbocycles. The third-order valence-electron chi connectivity index (χ3n) is 4.10. The SMILES string of the molecule is COc1ccc(-n2cc(-c3cccs3)c3ccc(C)cc32)cc1. The van der Waals surface area contributed by atoms with E-state index in [2.05, 4.69) is 65.5 Å². The van der Waals surface area contributed by atoms with Crippen LogP contribution in [0.2, 0.25) is 0 Å². The van der Waals surface area contributed by atoms with E-state index in [1.807, 2.05) is 12.1 Å². The van der Waals surface area contributed by atoms with Crippen LogP contribution in [0.25, 0.3) is 27.0 Å². The predicted molar refractivity (Wildman–Crippen MR) is 97.9 cm³/mol. The Morgan fingerprint density at radius 3 is 2.52 bits per heavy atom. The van der Waals surface area contributed by atoms with Gasteiger partial charge >= 0.3 is 0 Å². The Morgan fingerprint density at radius 2 is 1.83 bits per heavy atom. The molecule has 0 radical (unpaired) electrons. The lowest BCUT2D eigenvalue weighted by molar-refractivity contribution is 0.415. The highest BCUT2D eigenvalue weighted by molar-refractivity contribution is 7.13. The summed E-state index contributed by atoms with van der Waals surface area (Å²) in [6.07, 6.45) is 2.23. The largest absolute Gasteiger partial charge is 0.497 e. The van der Waals surface area contributed by atoms with E-state index in [9.17, 15) is 0 Å². The molecule has 0 spiro atoms. The molecule has 0 bridgehead atoms. The van der Waals surface area contributed by atoms with Crippen molar-refractivity contribution in [1.82, 2.24) is 4.57 Å². The molecule has 4 rings (SSSR count). The second kappa shape index (κ2) is 5.60. The van der Waals surface area contributed by atoms with Crippen LogP contribution in [-0.2, 0) is 0 Å². The van der Waals surface area contributed by atoms with Gasteiger partial charge in [-0.3, -0.25) is 0 Å². The highest BCUT2D eigenvalue weighted by atomic mass is 32.1. The molecule has 0 N–H and O–H groups in total. The van der Waals surface area contributed by atoms with Gasteiger partial charge in [-0.25, -0.2) is 0 Å². The number of benzene rings is 2. The van der Waals surface area contributed by atoms with Crippen LogP contribution in [0.5, 0.6) is 5.75 Å². The average molecular weight is 319 g/mol. The summed E-state index contributed by atoms with van der Waals surface area (Å²) < 4.78 is 7.53. The number of aryl methyl sites for hydroxylation is 1. The fraction of sp³-hybridized carbons (Fsp3) is 0.100. The van der Waals surface area contributed by atoms with Gasteiger partial charge in [-0.15, -0.1) is 11.3 Å². The highest BCUT2D eigenvalue weighted by Gasteiger charge is 2.12. The molecule has 0 saturated carbocycles. The summed E-state index contributed by atoms with van der Waals surface area (Å²) in [4.78, 5) is 1.30. The van der Waals surface area contributed by atoms with Crippen molar-refractivity contribution in [3.8, 4) is 21.9 Å². The molecule has 0 atom stereocenters. The Hall–Kier alpha value is -2.52. The van der Waals surface area contributed by atoms with Crippen molar-refractivity contribution in [2.24, 2.45) is 0 Å². The van der Waals surface area contributed by atoms with E-state index in [4.69, 9.17) is 4.74 Å². The van der Waals surface area contributed by atoms with Crippen LogP contribution >= 0.6 is 11.3 Å². The second-order valence-electron chi connectivity index (χ2n) is 5.61. The number of hydrogen-bond donors (Lipinski definition) is 0. The standard InChI is InChI=1S/C20H17NOS/c1-14-5-10-17-18(20-4-3-11-23-20)13-21(19(17)12-14)15-6-8-16(22-2)9-7-15/h3-13H,1-2H3. The van der Waals surface area contributed by atoms with Crippen LogP contribution in [0.3, 0.4) is 0 Å². The number of fused-ring (bicyclic) bond motifs is 1. The van der Waals surface area contributed by atoms with Crippen LogP contribution < -0.4 is 4.74 Å². The first kappa shape index (κ1) is 14.1. The van der Waals surface area contributed by atoms with Crippen molar-refractivity contribution in [3.05, 3.63) is 71.7 Å². The minimum absolute atomic E-state index is 0.875. The van der Waals surface area contributed by atoms with Gasteiger partial charge in [-0.05, 0) is 54.3 Å². The quantitative estimate of drug-likeness (QED) is 0.474. The van der Waals surface area contributed by atoms with E-state index >= 15 is 0 Å². The van der Waals surface area contributed by atoms with E-state index in [0.29, 0.717) is 0 Å². The lowest BCUT2D eigenvalue weighted by Crippen LogP contribution is -1.92. The highest BCUT2D eigenvalue weighted by Crippen LogP contribution is 2.35. The zero-order valence-electron chi connectivity index (χ0n) is 13.1. The van der Waals surface area contributed by atoms with Crippen molar-refractivity contribution < 1.29 is 4.74 Å². The van der Waals surface area contributed by atoms with Crippen LogP contribution in [0.4, 0.5) is 0 Å². The summed E-state index contributed by atoms with van der Waals surface area (Å²) >= 11 is 1.78. The number of rotatable bonds is 3. The molecule has 2 aromatic heterocycles. The van der Waals surface area contributed by atoms with Crippen molar-refractivity contribution in [2.75, 3.05) is 7.11 Å². The molecular formula is C20H17NOS. The first-order valence-electron chi connectivity index (χ1n) is 7.56. The van der Waals surface area contributed by atoms with Gasteiger partial charge in [0.15, 0.2) is 0 Å². The number of methoxy groups -OCH3 is 1. The maximum Gasteiger partial charge on any atom is 0.119 e. The van der Waals surface area contributed by atoms with Crippen LogP contribution in [0.15, 0.2) is 66.2 Å². The zero-order chi connectivity index (χ0) is 15.8. The number of nitrogens with zero attached hydrogens (tertiary/aromatic N) is 1. The summed E-state index contributed by atoms with van der Waals surface area (Å²) in [6.45, 7) is 2.13. The van der Waals surface area contributed by atoms with Gasteiger partial charge in [0.1, 0.15) is 5.75 Å². The lowest BCUT2D eigenvalue weighted by Gasteiger charge is -2.07. The van der Waals surface area contributed by atoms with E-state index in [-0.39, 0.29) is 0 Å². The lowest BCUT2D eigenvalue weighted by atomic mass is 10.1. The fourth-order valence-electron chi connectivity index (χ4n) is 2.92. The molecule has 0 unspecified atom stereocenters. The molecule has 0 aliphatic rings. The van der Waals surface area contributed by atoms with Gasteiger partial charge in [0.25, 0.3) is 0 Å². The van der Waals surface area contributed by atoms with Gasteiger partial charge in [-0.2, -0.15) is 0 Å². The van der Waals surface area contributed by atoms with Gasteiger partial charge in [0, 0.05) is 27.7 Å². The maximum atomic E-state index is 5.27. The molecule has 0 saturated heterocycles. The minimum Gasteiger partial charge on any atom is -0.497 e. The minimum atomic E-state index is 0.875. The van der Waals surface area contributed by atoms with Crippen molar-refractivity contribution in [1.29, 1.82) is 0 Å². The van der Waals surface area contributed by atoms with Crippen LogP contribution in [-0.4, -0.2) is 11.7 Å². The van der Waals surface area contributed by atoms with Gasteiger partial charge in [0.05, 0.1) is 12.6 Å². The fourth-order valence-corrected chi connectivity index (χ4v) is 3.67. The Balaban J connectivity index is 1.96. The Labute approximate surface area is 139 Å². The first-order chi connectivity index (χ1) is 11.3. The van der Waals surface area contributed by atoms with Gasteiger partial charge in [-0.1, -0.05) is 18.2 Å². The van der Waals surface area contributed by atoms with Crippen molar-refractivity contribution >= 4 is 22.2 Å². The molecule has 114 valence electrons. The zero-order valence-corrected chi connectivity index (χ0v) is 13.9. The van der Waals surface area contributed by atoms with Crippen molar-refractivity contribution in [2.45, 2.75) is 6.92 Å². The molecule has 4 aromatic rings. The molecule has 23 heavy (non-hydrogen) atoms. The third-order valence-corrected chi connectivity index (χ3v) is 5.00. The number of ether oxygens (including phenoxy) is 1. The second-order valence-corrected chi connectivity index (χ2v) is 6.56. The molecule has 0 aliphatic heterocycles. The summed E-state index contributed by atoms with van der Waals surface area (Å²) in [5, 5.41) is 3.41. The monoisotopic (exact) mass is 319 g/mol. The normalized spacial score (nSPS) is 11.0. The summed E-state index contributed by atoms with van der Waals surface area (Å²) in [5.41, 5.74) is 4.93.